The van der Waals surface area contributed by atoms with E-state index in [1.165, 1.54) is 0 Å². The highest BCUT2D eigenvalue weighted by molar-refractivity contribution is 5.86. The minimum absolute atomic E-state index is 0.0875. The zero-order valence-corrected chi connectivity index (χ0v) is 15.2. The summed E-state index contributed by atoms with van der Waals surface area (Å²) in [5.74, 6) is -1.04. The largest absolute Gasteiger partial charge is 0.733 e. The van der Waals surface area contributed by atoms with Crippen molar-refractivity contribution in [1.29, 1.82) is 0 Å². The number of hydrogen-bond acceptors (Lipinski definition) is 5. The highest BCUT2D eigenvalue weighted by Crippen LogP contribution is 2.42. The lowest BCUT2D eigenvalue weighted by Crippen LogP contribution is -2.39. The second-order valence-electron chi connectivity index (χ2n) is 6.66. The molecule has 1 saturated heterocycles. The molecule has 3 aromatic rings. The molecular formula is C22H22NO4-. The first kappa shape index (κ1) is 17.9. The van der Waals surface area contributed by atoms with Crippen LogP contribution >= 0.6 is 0 Å². The van der Waals surface area contributed by atoms with Crippen molar-refractivity contribution in [2.75, 3.05) is 18.4 Å². The van der Waals surface area contributed by atoms with Gasteiger partial charge in [0, 0.05) is 11.1 Å². The van der Waals surface area contributed by atoms with Gasteiger partial charge < -0.3 is 19.9 Å². The molecule has 1 heterocycles. The van der Waals surface area contributed by atoms with Crippen LogP contribution in [0.2, 0.25) is 0 Å². The summed E-state index contributed by atoms with van der Waals surface area (Å²) >= 11 is 0. The number of rotatable bonds is 4. The minimum Gasteiger partial charge on any atom is -0.733 e. The Morgan fingerprint density at radius 1 is 1.04 bits per heavy atom. The molecule has 0 radical (unpaired) electrons. The predicted octanol–water partition coefficient (Wildman–Crippen LogP) is 4.73. The van der Waals surface area contributed by atoms with E-state index >= 15 is 0 Å². The second kappa shape index (κ2) is 7.29. The zero-order valence-electron chi connectivity index (χ0n) is 15.2. The van der Waals surface area contributed by atoms with Crippen LogP contribution in [0.4, 0.5) is 5.69 Å². The molecule has 0 saturated carbocycles. The van der Waals surface area contributed by atoms with E-state index in [1.54, 1.807) is 12.1 Å². The van der Waals surface area contributed by atoms with Crippen LogP contribution < -0.4 is 5.23 Å². The van der Waals surface area contributed by atoms with Crippen LogP contribution in [-0.4, -0.2) is 18.4 Å². The molecule has 4 rings (SSSR count). The van der Waals surface area contributed by atoms with Crippen LogP contribution in [0.3, 0.4) is 0 Å². The van der Waals surface area contributed by atoms with E-state index in [-0.39, 0.29) is 10.9 Å². The predicted molar refractivity (Wildman–Crippen MR) is 105 cm³/mol. The number of fused-ring (bicyclic) bond motifs is 1. The van der Waals surface area contributed by atoms with Crippen LogP contribution in [0.1, 0.15) is 30.0 Å². The topological polar surface area (TPSA) is 65.0 Å². The van der Waals surface area contributed by atoms with E-state index in [0.717, 1.165) is 33.9 Å². The summed E-state index contributed by atoms with van der Waals surface area (Å²) in [6.45, 7) is 3.11. The molecule has 1 aliphatic heterocycles. The maximum Gasteiger partial charge on any atom is 0.222 e. The second-order valence-corrected chi connectivity index (χ2v) is 6.66. The van der Waals surface area contributed by atoms with Crippen molar-refractivity contribution in [3.63, 3.8) is 0 Å². The summed E-state index contributed by atoms with van der Waals surface area (Å²) < 4.78 is 12.5. The summed E-state index contributed by atoms with van der Waals surface area (Å²) in [6.07, 6.45) is 1.43. The summed E-state index contributed by atoms with van der Waals surface area (Å²) in [6, 6.07) is 19.5. The third-order valence-corrected chi connectivity index (χ3v) is 5.09. The van der Waals surface area contributed by atoms with Gasteiger partial charge in [-0.2, -0.15) is 0 Å². The molecule has 0 bridgehead atoms. The number of nitrogens with zero attached hydrogens (tertiary/aromatic N) is 1. The fraction of sp³-hybridized carbons (Fsp3) is 0.273. The van der Waals surface area contributed by atoms with E-state index in [0.29, 0.717) is 19.6 Å². The van der Waals surface area contributed by atoms with Gasteiger partial charge in [0.1, 0.15) is 0 Å². The maximum absolute atomic E-state index is 11.4. The van der Waals surface area contributed by atoms with Crippen molar-refractivity contribution < 1.29 is 14.7 Å². The fourth-order valence-electron chi connectivity index (χ4n) is 3.78. The standard InChI is InChI=1S/C22H22NO4/c1-2-16-15-18(11-12-21(16)23(24)25)22(26-13-6-14-27-22)20-10-5-8-17-7-3-4-9-19(17)20/h3-5,7-12,15,24H,2,6,13-14H2,1H3/q-1. The van der Waals surface area contributed by atoms with Crippen molar-refractivity contribution in [2.45, 2.75) is 25.6 Å². The smallest absolute Gasteiger partial charge is 0.222 e. The molecule has 0 unspecified atom stereocenters. The van der Waals surface area contributed by atoms with Gasteiger partial charge in [0.05, 0.1) is 18.9 Å². The Balaban J connectivity index is 1.94. The minimum atomic E-state index is -1.04. The molecule has 3 aromatic carbocycles. The van der Waals surface area contributed by atoms with Crippen LogP contribution in [0, 0.1) is 5.21 Å². The molecule has 1 N–H and O–H groups in total. The summed E-state index contributed by atoms with van der Waals surface area (Å²) in [7, 11) is 0. The van der Waals surface area contributed by atoms with Crippen molar-refractivity contribution in [1.82, 2.24) is 0 Å². The van der Waals surface area contributed by atoms with Gasteiger partial charge >= 0.3 is 0 Å². The van der Waals surface area contributed by atoms with Gasteiger partial charge in [-0.05, 0) is 41.3 Å². The number of aryl methyl sites for hydroxylation is 1. The summed E-state index contributed by atoms with van der Waals surface area (Å²) in [5, 5.41) is 22.9. The Bertz CT molecular complexity index is 943. The molecule has 0 aromatic heterocycles. The van der Waals surface area contributed by atoms with Gasteiger partial charge in [0.25, 0.3) is 0 Å². The van der Waals surface area contributed by atoms with Gasteiger partial charge in [-0.15, -0.1) is 0 Å². The number of anilines is 1. The normalized spacial score (nSPS) is 16.4. The van der Waals surface area contributed by atoms with Gasteiger partial charge in [-0.25, -0.2) is 0 Å². The highest BCUT2D eigenvalue weighted by atomic mass is 16.8. The van der Waals surface area contributed by atoms with Crippen molar-refractivity contribution >= 4 is 16.5 Å². The molecule has 140 valence electrons. The monoisotopic (exact) mass is 364 g/mol. The Hall–Kier alpha value is -2.44. The number of hydrogen-bond donors (Lipinski definition) is 1. The molecule has 1 fully saturated rings. The van der Waals surface area contributed by atoms with Crippen LogP contribution in [0.25, 0.3) is 10.8 Å². The van der Waals surface area contributed by atoms with E-state index in [4.69, 9.17) is 9.47 Å². The van der Waals surface area contributed by atoms with Crippen molar-refractivity contribution in [2.24, 2.45) is 0 Å². The molecule has 27 heavy (non-hydrogen) atoms. The number of ether oxygens (including phenoxy) is 2. The highest BCUT2D eigenvalue weighted by Gasteiger charge is 2.40. The van der Waals surface area contributed by atoms with Gasteiger partial charge in [0.2, 0.25) is 5.79 Å². The van der Waals surface area contributed by atoms with E-state index < -0.39 is 5.79 Å². The van der Waals surface area contributed by atoms with Crippen molar-refractivity contribution in [3.05, 3.63) is 82.6 Å². The van der Waals surface area contributed by atoms with Crippen molar-refractivity contribution in [3.8, 4) is 0 Å². The molecule has 0 atom stereocenters. The summed E-state index contributed by atoms with van der Waals surface area (Å²) in [5.41, 5.74) is 2.74. The lowest BCUT2D eigenvalue weighted by molar-refractivity contribution is -0.248. The average Bonchev–Trinajstić information content (AvgIpc) is 2.73. The quantitative estimate of drug-likeness (QED) is 0.678. The van der Waals surface area contributed by atoms with E-state index in [1.807, 2.05) is 37.3 Å². The summed E-state index contributed by atoms with van der Waals surface area (Å²) in [4.78, 5) is 0. The molecule has 5 heteroatoms. The first-order chi connectivity index (χ1) is 13.2. The first-order valence-corrected chi connectivity index (χ1v) is 9.21. The van der Waals surface area contributed by atoms with Gasteiger partial charge in [-0.1, -0.05) is 55.5 Å². The first-order valence-electron chi connectivity index (χ1n) is 9.21. The lowest BCUT2D eigenvalue weighted by Gasteiger charge is -2.39. The Morgan fingerprint density at radius 3 is 2.52 bits per heavy atom. The number of benzene rings is 3. The molecule has 1 aliphatic rings. The van der Waals surface area contributed by atoms with E-state index in [2.05, 4.69) is 18.2 Å². The molecule has 5 nitrogen and oxygen atoms in total. The Morgan fingerprint density at radius 2 is 1.78 bits per heavy atom. The molecule has 0 spiro atoms. The third kappa shape index (κ3) is 3.09. The molecule has 0 amide bonds. The average molecular weight is 364 g/mol. The van der Waals surface area contributed by atoms with Crippen LogP contribution in [0.5, 0.6) is 0 Å². The SMILES string of the molecule is CCc1cc(C2(c3cccc4ccccc34)OCCCO2)ccc1N([O-])O. The molecule has 0 aliphatic carbocycles. The van der Waals surface area contributed by atoms with E-state index in [9.17, 15) is 10.4 Å². The van der Waals surface area contributed by atoms with Crippen LogP contribution in [0.15, 0.2) is 60.7 Å². The lowest BCUT2D eigenvalue weighted by atomic mass is 9.90. The molecular weight excluding hydrogens is 342 g/mol. The van der Waals surface area contributed by atoms with Crippen LogP contribution in [-0.2, 0) is 21.7 Å². The van der Waals surface area contributed by atoms with Gasteiger partial charge in [-0.3, -0.25) is 5.21 Å². The Kier molecular flexibility index (Phi) is 4.85. The fourth-order valence-corrected chi connectivity index (χ4v) is 3.78. The zero-order chi connectivity index (χ0) is 18.9. The van der Waals surface area contributed by atoms with Gasteiger partial charge in [0.15, 0.2) is 0 Å². The Labute approximate surface area is 158 Å². The maximum atomic E-state index is 11.4. The third-order valence-electron chi connectivity index (χ3n) is 5.09.